The van der Waals surface area contributed by atoms with Gasteiger partial charge in [-0.25, -0.2) is 4.39 Å². The molecule has 3 aromatic rings. The third-order valence-corrected chi connectivity index (χ3v) is 6.08. The van der Waals surface area contributed by atoms with Crippen LogP contribution in [-0.2, 0) is 16.9 Å². The van der Waals surface area contributed by atoms with Crippen molar-refractivity contribution < 1.29 is 19.1 Å². The fourth-order valence-corrected chi connectivity index (χ4v) is 4.13. The van der Waals surface area contributed by atoms with Gasteiger partial charge >= 0.3 is 0 Å². The standard InChI is InChI=1S/C23H16BrClFNO3/c24-15-10-8-14(9-11-15)21(28)12-23(30)17-4-1-2-7-20(17)27(22(23)29)13-16-18(25)5-3-6-19(16)26/h1-11,30H,12-13H2. The van der Waals surface area contributed by atoms with Crippen molar-refractivity contribution in [2.24, 2.45) is 0 Å². The number of carbonyl (C=O) groups excluding carboxylic acids is 2. The Kier molecular flexibility index (Phi) is 5.49. The van der Waals surface area contributed by atoms with E-state index in [2.05, 4.69) is 15.9 Å². The molecule has 0 spiro atoms. The minimum absolute atomic E-state index is 0.144. The van der Waals surface area contributed by atoms with Crippen molar-refractivity contribution in [3.05, 3.63) is 98.7 Å². The zero-order chi connectivity index (χ0) is 21.5. The first kappa shape index (κ1) is 20.7. The second-order valence-electron chi connectivity index (χ2n) is 7.08. The van der Waals surface area contributed by atoms with Gasteiger partial charge in [-0.15, -0.1) is 0 Å². The SMILES string of the molecule is O=C(CC1(O)C(=O)N(Cc2c(F)cccc2Cl)c2ccccc21)c1ccc(Br)cc1. The molecule has 0 aromatic heterocycles. The van der Waals surface area contributed by atoms with Crippen LogP contribution >= 0.6 is 27.5 Å². The number of ketones is 1. The van der Waals surface area contributed by atoms with Crippen molar-refractivity contribution in [2.45, 2.75) is 18.6 Å². The number of para-hydroxylation sites is 1. The Morgan fingerprint density at radius 3 is 2.47 bits per heavy atom. The van der Waals surface area contributed by atoms with Crippen LogP contribution in [-0.4, -0.2) is 16.8 Å². The van der Waals surface area contributed by atoms with Crippen LogP contribution in [0.5, 0.6) is 0 Å². The molecule has 7 heteroatoms. The molecule has 3 aromatic carbocycles. The van der Waals surface area contributed by atoms with Gasteiger partial charge in [0.1, 0.15) is 5.82 Å². The Bertz CT molecular complexity index is 1130. The van der Waals surface area contributed by atoms with Crippen molar-refractivity contribution >= 4 is 44.9 Å². The van der Waals surface area contributed by atoms with Crippen LogP contribution < -0.4 is 4.90 Å². The predicted molar refractivity (Wildman–Crippen MR) is 116 cm³/mol. The molecular formula is C23H16BrClFNO3. The Balaban J connectivity index is 1.70. The number of Topliss-reactive ketones (excluding diaryl/α,β-unsaturated/α-hetero) is 1. The van der Waals surface area contributed by atoms with Crippen molar-refractivity contribution in [2.75, 3.05) is 4.90 Å². The van der Waals surface area contributed by atoms with Gasteiger partial charge in [-0.2, -0.15) is 0 Å². The average molecular weight is 489 g/mol. The molecule has 0 saturated heterocycles. The lowest BCUT2D eigenvalue weighted by atomic mass is 9.88. The van der Waals surface area contributed by atoms with Gasteiger partial charge in [-0.1, -0.05) is 63.9 Å². The minimum Gasteiger partial charge on any atom is -0.375 e. The molecule has 1 atom stereocenters. The lowest BCUT2D eigenvalue weighted by Gasteiger charge is -2.23. The van der Waals surface area contributed by atoms with Crippen LogP contribution in [0.2, 0.25) is 5.02 Å². The number of hydrogen-bond donors (Lipinski definition) is 1. The Labute approximate surface area is 186 Å². The molecule has 0 saturated carbocycles. The summed E-state index contributed by atoms with van der Waals surface area (Å²) in [4.78, 5) is 27.4. The monoisotopic (exact) mass is 487 g/mol. The predicted octanol–water partition coefficient (Wildman–Crippen LogP) is 5.25. The fourth-order valence-electron chi connectivity index (χ4n) is 3.65. The largest absolute Gasteiger partial charge is 0.375 e. The first-order valence-electron chi connectivity index (χ1n) is 9.17. The summed E-state index contributed by atoms with van der Waals surface area (Å²) in [6.45, 7) is -0.157. The molecular weight excluding hydrogens is 473 g/mol. The van der Waals surface area contributed by atoms with Gasteiger partial charge in [0, 0.05) is 26.2 Å². The van der Waals surface area contributed by atoms with Crippen molar-refractivity contribution in [1.29, 1.82) is 0 Å². The number of rotatable bonds is 5. The number of hydrogen-bond acceptors (Lipinski definition) is 3. The van der Waals surface area contributed by atoms with E-state index in [0.29, 0.717) is 16.8 Å². The highest BCUT2D eigenvalue weighted by Crippen LogP contribution is 2.44. The number of halogens is 3. The van der Waals surface area contributed by atoms with E-state index >= 15 is 0 Å². The van der Waals surface area contributed by atoms with E-state index in [1.54, 1.807) is 48.5 Å². The van der Waals surface area contributed by atoms with Gasteiger partial charge in [0.25, 0.3) is 5.91 Å². The highest BCUT2D eigenvalue weighted by Gasteiger charge is 2.51. The number of anilines is 1. The summed E-state index contributed by atoms with van der Waals surface area (Å²) < 4.78 is 15.1. The Morgan fingerprint density at radius 1 is 1.07 bits per heavy atom. The van der Waals surface area contributed by atoms with Gasteiger partial charge in [0.2, 0.25) is 0 Å². The summed E-state index contributed by atoms with van der Waals surface area (Å²) >= 11 is 9.44. The van der Waals surface area contributed by atoms with E-state index in [-0.39, 0.29) is 22.9 Å². The molecule has 4 rings (SSSR count). The lowest BCUT2D eigenvalue weighted by molar-refractivity contribution is -0.136. The van der Waals surface area contributed by atoms with Gasteiger partial charge in [-0.05, 0) is 30.3 Å². The second kappa shape index (κ2) is 7.95. The highest BCUT2D eigenvalue weighted by molar-refractivity contribution is 9.10. The molecule has 0 radical (unpaired) electrons. The Hall–Kier alpha value is -2.54. The molecule has 0 aliphatic carbocycles. The number of nitrogens with zero attached hydrogens (tertiary/aromatic N) is 1. The molecule has 0 fully saturated rings. The summed E-state index contributed by atoms with van der Waals surface area (Å²) in [6, 6.07) is 17.6. The third kappa shape index (κ3) is 3.55. The number of benzene rings is 3. The molecule has 1 amide bonds. The summed E-state index contributed by atoms with van der Waals surface area (Å²) in [7, 11) is 0. The lowest BCUT2D eigenvalue weighted by Crippen LogP contribution is -2.41. The number of fused-ring (bicyclic) bond motifs is 1. The molecule has 152 valence electrons. The zero-order valence-electron chi connectivity index (χ0n) is 15.6. The quantitative estimate of drug-likeness (QED) is 0.499. The number of carbonyl (C=O) groups is 2. The van der Waals surface area contributed by atoms with Crippen molar-refractivity contribution in [3.8, 4) is 0 Å². The van der Waals surface area contributed by atoms with Gasteiger partial charge in [0.15, 0.2) is 11.4 Å². The molecule has 1 aliphatic rings. The van der Waals surface area contributed by atoms with Crippen molar-refractivity contribution in [1.82, 2.24) is 0 Å². The Morgan fingerprint density at radius 2 is 1.77 bits per heavy atom. The molecule has 0 bridgehead atoms. The van der Waals surface area contributed by atoms with Gasteiger partial charge in [-0.3, -0.25) is 9.59 Å². The second-order valence-corrected chi connectivity index (χ2v) is 8.40. The maximum Gasteiger partial charge on any atom is 0.264 e. The number of aliphatic hydroxyl groups is 1. The summed E-state index contributed by atoms with van der Waals surface area (Å²) in [5.41, 5.74) is -0.780. The van der Waals surface area contributed by atoms with E-state index in [0.717, 1.165) is 4.47 Å². The third-order valence-electron chi connectivity index (χ3n) is 5.20. The van der Waals surface area contributed by atoms with Crippen LogP contribution in [0.1, 0.15) is 27.9 Å². The summed E-state index contributed by atoms with van der Waals surface area (Å²) in [6.07, 6.45) is -0.425. The van der Waals surface area contributed by atoms with E-state index in [1.807, 2.05) is 0 Å². The molecule has 1 aliphatic heterocycles. The fraction of sp³-hybridized carbons (Fsp3) is 0.130. The van der Waals surface area contributed by atoms with Crippen LogP contribution in [0, 0.1) is 5.82 Å². The van der Waals surface area contributed by atoms with Crippen LogP contribution in [0.4, 0.5) is 10.1 Å². The summed E-state index contributed by atoms with van der Waals surface area (Å²) in [5, 5.41) is 11.5. The van der Waals surface area contributed by atoms with E-state index in [1.165, 1.54) is 23.1 Å². The van der Waals surface area contributed by atoms with Crippen LogP contribution in [0.25, 0.3) is 0 Å². The first-order valence-corrected chi connectivity index (χ1v) is 10.3. The van der Waals surface area contributed by atoms with Gasteiger partial charge in [0.05, 0.1) is 18.7 Å². The molecule has 4 nitrogen and oxygen atoms in total. The molecule has 1 heterocycles. The summed E-state index contributed by atoms with van der Waals surface area (Å²) in [5.74, 6) is -1.61. The van der Waals surface area contributed by atoms with Crippen molar-refractivity contribution in [3.63, 3.8) is 0 Å². The molecule has 1 unspecified atom stereocenters. The normalized spacial score (nSPS) is 17.9. The van der Waals surface area contributed by atoms with E-state index < -0.39 is 23.7 Å². The zero-order valence-corrected chi connectivity index (χ0v) is 18.0. The minimum atomic E-state index is -2.04. The topological polar surface area (TPSA) is 57.6 Å². The van der Waals surface area contributed by atoms with E-state index in [4.69, 9.17) is 11.6 Å². The first-order chi connectivity index (χ1) is 14.3. The maximum atomic E-state index is 14.3. The number of amides is 1. The molecule has 30 heavy (non-hydrogen) atoms. The van der Waals surface area contributed by atoms with E-state index in [9.17, 15) is 19.1 Å². The molecule has 1 N–H and O–H groups in total. The smallest absolute Gasteiger partial charge is 0.264 e. The van der Waals surface area contributed by atoms with Gasteiger partial charge < -0.3 is 10.0 Å². The van der Waals surface area contributed by atoms with Crippen LogP contribution in [0.3, 0.4) is 0 Å². The maximum absolute atomic E-state index is 14.3. The highest BCUT2D eigenvalue weighted by atomic mass is 79.9. The average Bonchev–Trinajstić information content (AvgIpc) is 2.93. The van der Waals surface area contributed by atoms with Crippen LogP contribution in [0.15, 0.2) is 71.2 Å².